The lowest BCUT2D eigenvalue weighted by Crippen LogP contribution is -2.38. The minimum atomic E-state index is -0.254. The summed E-state index contributed by atoms with van der Waals surface area (Å²) in [6, 6.07) is 5.77. The fourth-order valence-electron chi connectivity index (χ4n) is 2.92. The number of anilines is 2. The minimum Gasteiger partial charge on any atom is -0.391 e. The summed E-state index contributed by atoms with van der Waals surface area (Å²) in [5.41, 5.74) is 2.94. The van der Waals surface area contributed by atoms with Crippen molar-refractivity contribution in [3.63, 3.8) is 0 Å². The summed E-state index contributed by atoms with van der Waals surface area (Å²) < 4.78 is 0. The second-order valence-corrected chi connectivity index (χ2v) is 5.22. The van der Waals surface area contributed by atoms with E-state index >= 15 is 0 Å². The first-order valence-corrected chi connectivity index (χ1v) is 6.74. The van der Waals surface area contributed by atoms with Crippen molar-refractivity contribution >= 4 is 17.3 Å². The number of piperidine rings is 1. The Hall–Kier alpha value is -1.59. The van der Waals surface area contributed by atoms with Crippen molar-refractivity contribution in [2.75, 3.05) is 30.4 Å². The molecule has 2 aliphatic rings. The van der Waals surface area contributed by atoms with E-state index in [4.69, 9.17) is 0 Å². The van der Waals surface area contributed by atoms with E-state index in [9.17, 15) is 9.90 Å². The number of hydrogen-bond acceptors (Lipinski definition) is 4. The Morgan fingerprint density at radius 3 is 3.05 bits per heavy atom. The van der Waals surface area contributed by atoms with E-state index in [2.05, 4.69) is 15.5 Å². The van der Waals surface area contributed by atoms with Gasteiger partial charge in [-0.2, -0.15) is 0 Å². The molecule has 0 radical (unpaired) electrons. The second kappa shape index (κ2) is 4.83. The highest BCUT2D eigenvalue weighted by atomic mass is 16.3. The summed E-state index contributed by atoms with van der Waals surface area (Å²) in [5, 5.41) is 15.6. The molecule has 1 aromatic carbocycles. The normalized spacial score (nSPS) is 26.2. The number of β-amino-alcohol motifs (C(OH)–C–C–N with tert-alkyl or cyclic N) is 1. The zero-order chi connectivity index (χ0) is 13.4. The van der Waals surface area contributed by atoms with Crippen molar-refractivity contribution in [2.24, 2.45) is 0 Å². The van der Waals surface area contributed by atoms with E-state index in [-0.39, 0.29) is 18.1 Å². The van der Waals surface area contributed by atoms with E-state index in [1.54, 1.807) is 7.05 Å². The van der Waals surface area contributed by atoms with Gasteiger partial charge < -0.3 is 20.6 Å². The molecule has 5 nitrogen and oxygen atoms in total. The molecule has 3 N–H and O–H groups in total. The summed E-state index contributed by atoms with van der Waals surface area (Å²) in [7, 11) is 1.79. The maximum Gasteiger partial charge on any atom is 0.246 e. The molecule has 5 heteroatoms. The Bertz CT molecular complexity index is 503. The summed E-state index contributed by atoms with van der Waals surface area (Å²) in [6.07, 6.45) is 1.63. The lowest BCUT2D eigenvalue weighted by molar-refractivity contribution is -0.117. The van der Waals surface area contributed by atoms with Crippen LogP contribution in [-0.2, 0) is 4.79 Å². The van der Waals surface area contributed by atoms with Crippen LogP contribution in [0.1, 0.15) is 24.4 Å². The maximum atomic E-state index is 11.8. The molecule has 0 aromatic heterocycles. The van der Waals surface area contributed by atoms with Gasteiger partial charge in [0.25, 0.3) is 0 Å². The Kier molecular flexibility index (Phi) is 3.16. The first kappa shape index (κ1) is 12.4. The smallest absolute Gasteiger partial charge is 0.246 e. The van der Waals surface area contributed by atoms with Gasteiger partial charge in [-0.3, -0.25) is 4.79 Å². The molecule has 0 bridgehead atoms. The predicted molar refractivity (Wildman–Crippen MR) is 74.3 cm³/mol. The van der Waals surface area contributed by atoms with E-state index < -0.39 is 0 Å². The number of aliphatic hydroxyl groups excluding tert-OH is 1. The van der Waals surface area contributed by atoms with Gasteiger partial charge in [0.05, 0.1) is 6.10 Å². The molecular weight excluding hydrogens is 242 g/mol. The van der Waals surface area contributed by atoms with Gasteiger partial charge in [0.2, 0.25) is 5.91 Å². The molecule has 1 fully saturated rings. The number of hydrogen-bond donors (Lipinski definition) is 3. The molecule has 0 saturated carbocycles. The van der Waals surface area contributed by atoms with Crippen LogP contribution in [-0.4, -0.2) is 37.3 Å². The second-order valence-electron chi connectivity index (χ2n) is 5.22. The number of likely N-dealkylation sites (N-methyl/N-ethyl adjacent to an activating group) is 1. The number of carbonyl (C=O) groups excluding carboxylic acids is 1. The fraction of sp³-hybridized carbons (Fsp3) is 0.500. The molecule has 102 valence electrons. The average Bonchev–Trinajstić information content (AvgIpc) is 2.72. The molecule has 2 atom stereocenters. The molecule has 1 saturated heterocycles. The van der Waals surface area contributed by atoms with E-state index in [1.807, 2.05) is 18.2 Å². The molecule has 0 aliphatic carbocycles. The van der Waals surface area contributed by atoms with Gasteiger partial charge in [0.1, 0.15) is 6.04 Å². The number of aliphatic hydroxyl groups is 1. The van der Waals surface area contributed by atoms with Crippen LogP contribution in [0.15, 0.2) is 18.2 Å². The molecule has 1 amide bonds. The van der Waals surface area contributed by atoms with E-state index in [1.165, 1.54) is 0 Å². The SMILES string of the molecule is CNC1C(=O)Nc2cc(N3CCCC(O)C3)ccc21. The van der Waals surface area contributed by atoms with Crippen LogP contribution in [0.3, 0.4) is 0 Å². The van der Waals surface area contributed by atoms with Crippen molar-refractivity contribution < 1.29 is 9.90 Å². The third-order valence-electron chi connectivity index (χ3n) is 3.92. The zero-order valence-corrected chi connectivity index (χ0v) is 11.0. The number of rotatable bonds is 2. The van der Waals surface area contributed by atoms with Crippen LogP contribution in [0.25, 0.3) is 0 Å². The highest BCUT2D eigenvalue weighted by Gasteiger charge is 2.29. The number of fused-ring (bicyclic) bond motifs is 1. The van der Waals surface area contributed by atoms with Crippen LogP contribution < -0.4 is 15.5 Å². The lowest BCUT2D eigenvalue weighted by atomic mass is 10.0. The van der Waals surface area contributed by atoms with Crippen molar-refractivity contribution in [3.05, 3.63) is 23.8 Å². The number of carbonyl (C=O) groups is 1. The van der Waals surface area contributed by atoms with Gasteiger partial charge in [-0.15, -0.1) is 0 Å². The van der Waals surface area contributed by atoms with Crippen molar-refractivity contribution in [1.29, 1.82) is 0 Å². The predicted octanol–water partition coefficient (Wildman–Crippen LogP) is 0.860. The van der Waals surface area contributed by atoms with Crippen molar-refractivity contribution in [1.82, 2.24) is 5.32 Å². The van der Waals surface area contributed by atoms with Crippen LogP contribution in [0.2, 0.25) is 0 Å². The Balaban J connectivity index is 1.86. The number of nitrogens with zero attached hydrogens (tertiary/aromatic N) is 1. The number of benzene rings is 1. The minimum absolute atomic E-state index is 0.00618. The third kappa shape index (κ3) is 2.19. The molecule has 2 heterocycles. The van der Waals surface area contributed by atoms with E-state index in [0.717, 1.165) is 36.3 Å². The molecular formula is C14H19N3O2. The van der Waals surface area contributed by atoms with Gasteiger partial charge >= 0.3 is 0 Å². The summed E-state index contributed by atoms with van der Waals surface area (Å²) in [5.74, 6) is -0.00618. The van der Waals surface area contributed by atoms with Crippen LogP contribution >= 0.6 is 0 Å². The van der Waals surface area contributed by atoms with Gasteiger partial charge in [-0.1, -0.05) is 6.07 Å². The molecule has 0 spiro atoms. The van der Waals surface area contributed by atoms with Gasteiger partial charge in [0, 0.05) is 30.0 Å². The average molecular weight is 261 g/mol. The number of amides is 1. The van der Waals surface area contributed by atoms with Gasteiger partial charge in [-0.05, 0) is 32.0 Å². The summed E-state index contributed by atoms with van der Waals surface area (Å²) in [6.45, 7) is 1.63. The quantitative estimate of drug-likeness (QED) is 0.739. The highest BCUT2D eigenvalue weighted by Crippen LogP contribution is 2.34. The molecule has 2 unspecified atom stereocenters. The Morgan fingerprint density at radius 1 is 1.47 bits per heavy atom. The van der Waals surface area contributed by atoms with Gasteiger partial charge in [0.15, 0.2) is 0 Å². The molecule has 1 aromatic rings. The standard InChI is InChI=1S/C14H19N3O2/c1-15-13-11-5-4-9(7-12(11)16-14(13)19)17-6-2-3-10(18)8-17/h4-5,7,10,13,15,18H,2-3,6,8H2,1H3,(H,16,19). The summed E-state index contributed by atoms with van der Waals surface area (Å²) >= 11 is 0. The fourth-order valence-corrected chi connectivity index (χ4v) is 2.92. The third-order valence-corrected chi connectivity index (χ3v) is 3.92. The van der Waals surface area contributed by atoms with E-state index in [0.29, 0.717) is 6.54 Å². The number of nitrogens with one attached hydrogen (secondary N) is 2. The van der Waals surface area contributed by atoms with Crippen LogP contribution in [0.5, 0.6) is 0 Å². The monoisotopic (exact) mass is 261 g/mol. The van der Waals surface area contributed by atoms with Gasteiger partial charge in [-0.25, -0.2) is 0 Å². The molecule has 2 aliphatic heterocycles. The first-order valence-electron chi connectivity index (χ1n) is 6.74. The lowest BCUT2D eigenvalue weighted by Gasteiger charge is -2.32. The highest BCUT2D eigenvalue weighted by molar-refractivity contribution is 6.03. The summed E-state index contributed by atoms with van der Waals surface area (Å²) in [4.78, 5) is 13.9. The topological polar surface area (TPSA) is 64.6 Å². The van der Waals surface area contributed by atoms with Crippen LogP contribution in [0, 0.1) is 0 Å². The first-order chi connectivity index (χ1) is 9.19. The largest absolute Gasteiger partial charge is 0.391 e. The van der Waals surface area contributed by atoms with Crippen LogP contribution in [0.4, 0.5) is 11.4 Å². The molecule has 19 heavy (non-hydrogen) atoms. The Labute approximate surface area is 112 Å². The van der Waals surface area contributed by atoms with Crippen molar-refractivity contribution in [3.8, 4) is 0 Å². The Morgan fingerprint density at radius 2 is 2.32 bits per heavy atom. The maximum absolute atomic E-state index is 11.8. The zero-order valence-electron chi connectivity index (χ0n) is 11.0. The van der Waals surface area contributed by atoms with Crippen molar-refractivity contribution in [2.45, 2.75) is 25.0 Å². The molecule has 3 rings (SSSR count).